The summed E-state index contributed by atoms with van der Waals surface area (Å²) >= 11 is 0. The van der Waals surface area contributed by atoms with E-state index >= 15 is 0 Å². The number of aromatic nitrogens is 2. The van der Waals surface area contributed by atoms with Crippen molar-refractivity contribution in [3.63, 3.8) is 0 Å². The fraction of sp³-hybridized carbons (Fsp3) is 0.407. The van der Waals surface area contributed by atoms with Crippen LogP contribution < -0.4 is 0 Å². The summed E-state index contributed by atoms with van der Waals surface area (Å²) in [5.41, 5.74) is 4.89. The number of para-hydroxylation sites is 1. The van der Waals surface area contributed by atoms with E-state index in [1.54, 1.807) is 0 Å². The zero-order valence-corrected chi connectivity index (χ0v) is 18.2. The quantitative estimate of drug-likeness (QED) is 0.497. The molecule has 1 atom stereocenters. The van der Waals surface area contributed by atoms with Gasteiger partial charge in [-0.3, -0.25) is 9.48 Å². The molecule has 1 amide bonds. The number of carbonyl (C=O) groups excluding carboxylic acids is 1. The van der Waals surface area contributed by atoms with E-state index in [0.29, 0.717) is 5.92 Å². The highest BCUT2D eigenvalue weighted by atomic mass is 16.2. The summed E-state index contributed by atoms with van der Waals surface area (Å²) in [7, 11) is 0. The van der Waals surface area contributed by atoms with Gasteiger partial charge in [0.1, 0.15) is 5.69 Å². The Balaban J connectivity index is 1.40. The molecule has 2 aliphatic rings. The van der Waals surface area contributed by atoms with Gasteiger partial charge in [-0.25, -0.2) is 0 Å². The van der Waals surface area contributed by atoms with Crippen LogP contribution in [-0.2, 0) is 11.3 Å². The first-order chi connectivity index (χ1) is 15.2. The monoisotopic (exact) mass is 413 g/mol. The summed E-state index contributed by atoms with van der Waals surface area (Å²) in [6.45, 7) is 6.05. The van der Waals surface area contributed by atoms with Gasteiger partial charge in [0, 0.05) is 30.6 Å². The normalized spacial score (nSPS) is 19.7. The summed E-state index contributed by atoms with van der Waals surface area (Å²) in [6.07, 6.45) is 9.18. The molecule has 2 aromatic carbocycles. The highest BCUT2D eigenvalue weighted by molar-refractivity contribution is 5.93. The summed E-state index contributed by atoms with van der Waals surface area (Å²) in [6, 6.07) is 17.6. The molecule has 1 saturated heterocycles. The van der Waals surface area contributed by atoms with E-state index < -0.39 is 0 Å². The maximum Gasteiger partial charge on any atom is 0.245 e. The van der Waals surface area contributed by atoms with Gasteiger partial charge in [0.15, 0.2) is 0 Å². The Morgan fingerprint density at radius 3 is 2.58 bits per heavy atom. The maximum atomic E-state index is 11.9. The molecule has 4 heteroatoms. The fourth-order valence-corrected chi connectivity index (χ4v) is 5.38. The number of fused-ring (bicyclic) bond motifs is 1. The van der Waals surface area contributed by atoms with E-state index in [9.17, 15) is 4.79 Å². The maximum absolute atomic E-state index is 11.9. The van der Waals surface area contributed by atoms with Gasteiger partial charge in [-0.05, 0) is 48.8 Å². The number of benzene rings is 2. The average Bonchev–Trinajstić information content (AvgIpc) is 3.45. The van der Waals surface area contributed by atoms with E-state index in [2.05, 4.69) is 59.8 Å². The Morgan fingerprint density at radius 1 is 1.03 bits per heavy atom. The molecule has 1 unspecified atom stereocenters. The lowest BCUT2D eigenvalue weighted by Gasteiger charge is -2.22. The smallest absolute Gasteiger partial charge is 0.245 e. The van der Waals surface area contributed by atoms with Crippen LogP contribution in [0.5, 0.6) is 0 Å². The van der Waals surface area contributed by atoms with E-state index in [0.717, 1.165) is 37.7 Å². The van der Waals surface area contributed by atoms with Gasteiger partial charge in [-0.2, -0.15) is 5.10 Å². The molecule has 1 aliphatic heterocycles. The second-order valence-electron chi connectivity index (χ2n) is 9.15. The van der Waals surface area contributed by atoms with Crippen LogP contribution in [-0.4, -0.2) is 33.7 Å². The van der Waals surface area contributed by atoms with Crippen molar-refractivity contribution in [2.75, 3.05) is 13.1 Å². The van der Waals surface area contributed by atoms with Gasteiger partial charge in [0.25, 0.3) is 0 Å². The van der Waals surface area contributed by atoms with Gasteiger partial charge >= 0.3 is 0 Å². The molecule has 1 aliphatic carbocycles. The third-order valence-corrected chi connectivity index (χ3v) is 7.12. The van der Waals surface area contributed by atoms with Crippen molar-refractivity contribution in [2.45, 2.75) is 51.0 Å². The molecular weight excluding hydrogens is 382 g/mol. The second kappa shape index (κ2) is 8.70. The fourth-order valence-electron chi connectivity index (χ4n) is 5.38. The first kappa shape index (κ1) is 20.0. The molecule has 0 N–H and O–H groups in total. The van der Waals surface area contributed by atoms with Crippen LogP contribution >= 0.6 is 0 Å². The highest BCUT2D eigenvalue weighted by Gasteiger charge is 2.26. The number of hydrogen-bond donors (Lipinski definition) is 0. The number of amides is 1. The zero-order chi connectivity index (χ0) is 21.2. The summed E-state index contributed by atoms with van der Waals surface area (Å²) in [5, 5.41) is 6.25. The minimum absolute atomic E-state index is 0.0339. The molecule has 0 spiro atoms. The molecule has 3 aromatic rings. The van der Waals surface area contributed by atoms with Crippen molar-refractivity contribution >= 4 is 16.8 Å². The number of rotatable bonds is 5. The average molecular weight is 414 g/mol. The molecule has 1 saturated carbocycles. The third-order valence-electron chi connectivity index (χ3n) is 7.12. The van der Waals surface area contributed by atoms with E-state index in [-0.39, 0.29) is 5.91 Å². The lowest BCUT2D eigenvalue weighted by atomic mass is 9.84. The van der Waals surface area contributed by atoms with Crippen LogP contribution in [0.15, 0.2) is 61.2 Å². The summed E-state index contributed by atoms with van der Waals surface area (Å²) < 4.78 is 2.15. The Kier molecular flexibility index (Phi) is 5.63. The summed E-state index contributed by atoms with van der Waals surface area (Å²) in [4.78, 5) is 13.8. The molecule has 2 fully saturated rings. The van der Waals surface area contributed by atoms with Gasteiger partial charge in [-0.1, -0.05) is 68.3 Å². The van der Waals surface area contributed by atoms with E-state index in [1.807, 2.05) is 4.90 Å². The largest absolute Gasteiger partial charge is 0.339 e. The standard InChI is InChI=1S/C27H31N3O/c1-2-26(31)29-17-16-20(18-29)19-30-25-11-7-6-10-24(25)27(28-30)23-14-12-22(13-15-23)21-8-4-3-5-9-21/h2,6-7,10-15,20-21H,1,3-5,8-9,16-19H2. The molecule has 4 nitrogen and oxygen atoms in total. The van der Waals surface area contributed by atoms with Crippen LogP contribution in [0.1, 0.15) is 50.0 Å². The van der Waals surface area contributed by atoms with Crippen LogP contribution in [0.4, 0.5) is 0 Å². The number of likely N-dealkylation sites (tertiary alicyclic amines) is 1. The van der Waals surface area contributed by atoms with Crippen LogP contribution in [0, 0.1) is 5.92 Å². The SMILES string of the molecule is C=CC(=O)N1CCC(Cn2nc(-c3ccc(C4CCCCC4)cc3)c3ccccc32)C1. The number of carbonyl (C=O) groups is 1. The van der Waals surface area contributed by atoms with Crippen LogP contribution in [0.25, 0.3) is 22.2 Å². The lowest BCUT2D eigenvalue weighted by molar-refractivity contribution is -0.125. The Hall–Kier alpha value is -2.88. The third kappa shape index (κ3) is 4.04. The predicted molar refractivity (Wildman–Crippen MR) is 126 cm³/mol. The highest BCUT2D eigenvalue weighted by Crippen LogP contribution is 2.35. The Morgan fingerprint density at radius 2 is 1.81 bits per heavy atom. The van der Waals surface area contributed by atoms with Crippen LogP contribution in [0.3, 0.4) is 0 Å². The number of hydrogen-bond acceptors (Lipinski definition) is 2. The van der Waals surface area contributed by atoms with Crippen molar-refractivity contribution < 1.29 is 4.79 Å². The van der Waals surface area contributed by atoms with Gasteiger partial charge in [0.05, 0.1) is 5.52 Å². The molecule has 160 valence electrons. The van der Waals surface area contributed by atoms with E-state index in [1.165, 1.54) is 60.2 Å². The Labute approximate surface area is 184 Å². The van der Waals surface area contributed by atoms with Gasteiger partial charge in [0.2, 0.25) is 5.91 Å². The molecule has 1 aromatic heterocycles. The second-order valence-corrected chi connectivity index (χ2v) is 9.15. The summed E-state index contributed by atoms with van der Waals surface area (Å²) in [5.74, 6) is 1.18. The van der Waals surface area contributed by atoms with Crippen LogP contribution in [0.2, 0.25) is 0 Å². The number of nitrogens with zero attached hydrogens (tertiary/aromatic N) is 3. The first-order valence-electron chi connectivity index (χ1n) is 11.7. The molecule has 0 radical (unpaired) electrons. The molecule has 0 bridgehead atoms. The molecule has 31 heavy (non-hydrogen) atoms. The Bertz CT molecular complexity index is 1080. The van der Waals surface area contributed by atoms with Crippen molar-refractivity contribution in [2.24, 2.45) is 5.92 Å². The topological polar surface area (TPSA) is 38.1 Å². The first-order valence-corrected chi connectivity index (χ1v) is 11.7. The van der Waals surface area contributed by atoms with Crippen molar-refractivity contribution in [1.82, 2.24) is 14.7 Å². The van der Waals surface area contributed by atoms with Gasteiger partial charge in [-0.15, -0.1) is 0 Å². The molecular formula is C27H31N3O. The predicted octanol–water partition coefficient (Wildman–Crippen LogP) is 5.79. The lowest BCUT2D eigenvalue weighted by Crippen LogP contribution is -2.27. The zero-order valence-electron chi connectivity index (χ0n) is 18.2. The molecule has 2 heterocycles. The van der Waals surface area contributed by atoms with Crippen molar-refractivity contribution in [3.8, 4) is 11.3 Å². The minimum Gasteiger partial charge on any atom is -0.339 e. The molecule has 5 rings (SSSR count). The van der Waals surface area contributed by atoms with Crippen molar-refractivity contribution in [3.05, 3.63) is 66.7 Å². The van der Waals surface area contributed by atoms with Gasteiger partial charge < -0.3 is 4.90 Å². The minimum atomic E-state index is 0.0339. The van der Waals surface area contributed by atoms with E-state index in [4.69, 9.17) is 5.10 Å². The van der Waals surface area contributed by atoms with Crippen molar-refractivity contribution in [1.29, 1.82) is 0 Å².